The molecule has 4 rings (SSSR count). The highest BCUT2D eigenvalue weighted by molar-refractivity contribution is 7.92. The van der Waals surface area contributed by atoms with Gasteiger partial charge >= 0.3 is 6.18 Å². The van der Waals surface area contributed by atoms with Gasteiger partial charge in [-0.05, 0) is 48.6 Å². The molecule has 0 aliphatic carbocycles. The molecular weight excluding hydrogens is 517 g/mol. The summed E-state index contributed by atoms with van der Waals surface area (Å²) in [5, 5.41) is 1.87. The Kier molecular flexibility index (Phi) is 7.78. The summed E-state index contributed by atoms with van der Waals surface area (Å²) in [6.07, 6.45) is -1.15. The fraction of sp³-hybridized carbons (Fsp3) is 0.400. The van der Waals surface area contributed by atoms with E-state index in [1.807, 2.05) is 10.3 Å². The van der Waals surface area contributed by atoms with Gasteiger partial charge in [-0.2, -0.15) is 13.2 Å². The molecule has 1 saturated heterocycles. The van der Waals surface area contributed by atoms with E-state index >= 15 is 0 Å². The number of thiazole rings is 1. The molecule has 188 valence electrons. The summed E-state index contributed by atoms with van der Waals surface area (Å²) in [5.74, 6) is 0. The van der Waals surface area contributed by atoms with Crippen molar-refractivity contribution >= 4 is 37.9 Å². The molecule has 1 aliphatic rings. The maximum atomic E-state index is 13.1. The van der Waals surface area contributed by atoms with Crippen molar-refractivity contribution in [2.75, 3.05) is 18.0 Å². The second-order valence-corrected chi connectivity index (χ2v) is 12.2. The van der Waals surface area contributed by atoms with Crippen molar-refractivity contribution in [1.82, 2.24) is 4.98 Å². The maximum Gasteiger partial charge on any atom is 0.416 e. The highest BCUT2D eigenvalue weighted by Gasteiger charge is 2.36. The molecule has 0 unspecified atom stereocenters. The van der Waals surface area contributed by atoms with Crippen molar-refractivity contribution in [3.8, 4) is 0 Å². The fourth-order valence-electron chi connectivity index (χ4n) is 4.28. The van der Waals surface area contributed by atoms with Crippen LogP contribution < -0.4 is 4.90 Å². The van der Waals surface area contributed by atoms with Crippen LogP contribution in [0.1, 0.15) is 48.6 Å². The first kappa shape index (κ1) is 26.0. The van der Waals surface area contributed by atoms with E-state index < -0.39 is 31.7 Å². The second kappa shape index (κ2) is 10.5. The first-order chi connectivity index (χ1) is 16.6. The molecule has 1 aliphatic heterocycles. The first-order valence-corrected chi connectivity index (χ1v) is 14.3. The predicted molar refractivity (Wildman–Crippen MR) is 134 cm³/mol. The summed E-state index contributed by atoms with van der Waals surface area (Å²) in [6.45, 7) is 3.07. The Balaban J connectivity index is 1.41. The van der Waals surface area contributed by atoms with E-state index in [0.717, 1.165) is 42.2 Å². The number of alkyl halides is 3. The van der Waals surface area contributed by atoms with Gasteiger partial charge in [-0.3, -0.25) is 0 Å². The van der Waals surface area contributed by atoms with Crippen molar-refractivity contribution in [2.45, 2.75) is 55.3 Å². The number of benzene rings is 2. The number of sulfone groups is 1. The zero-order chi connectivity index (χ0) is 25.2. The first-order valence-electron chi connectivity index (χ1n) is 11.5. The molecule has 2 aromatic carbocycles. The largest absolute Gasteiger partial charge is 0.416 e. The monoisotopic (exact) mass is 542 g/mol. The Morgan fingerprint density at radius 2 is 1.74 bits per heavy atom. The normalized spacial score (nSPS) is 15.5. The lowest BCUT2D eigenvalue weighted by atomic mass is 10.1. The van der Waals surface area contributed by atoms with E-state index in [-0.39, 0.29) is 5.02 Å². The molecule has 0 atom stereocenters. The van der Waals surface area contributed by atoms with E-state index in [2.05, 4.69) is 31.2 Å². The van der Waals surface area contributed by atoms with Crippen molar-refractivity contribution < 1.29 is 21.6 Å². The Bertz CT molecular complexity index is 1270. The Morgan fingerprint density at radius 1 is 1.09 bits per heavy atom. The van der Waals surface area contributed by atoms with Crippen molar-refractivity contribution in [3.63, 3.8) is 0 Å². The number of hydrogen-bond donors (Lipinski definition) is 0. The van der Waals surface area contributed by atoms with Gasteiger partial charge in [-0.1, -0.05) is 49.2 Å². The van der Waals surface area contributed by atoms with E-state index in [1.54, 1.807) is 0 Å². The third kappa shape index (κ3) is 6.01. The van der Waals surface area contributed by atoms with Gasteiger partial charge in [0.05, 0.1) is 26.4 Å². The summed E-state index contributed by atoms with van der Waals surface area (Å²) < 4.78 is 65.6. The topological polar surface area (TPSA) is 50.3 Å². The van der Waals surface area contributed by atoms with Crippen LogP contribution in [0, 0.1) is 0 Å². The zero-order valence-electron chi connectivity index (χ0n) is 19.2. The summed E-state index contributed by atoms with van der Waals surface area (Å²) in [6, 6.07) is 11.0. The lowest BCUT2D eigenvalue weighted by Gasteiger charge is -2.31. The van der Waals surface area contributed by atoms with Crippen LogP contribution in [0.2, 0.25) is 5.02 Å². The molecule has 0 N–H and O–H groups in total. The standard InChI is InChI=1S/C25H26ClF3N2O2S2/c1-2-3-17-4-6-18(7-5-17)14-20-16-34-24(30-20)31-12-10-21(11-13-31)35(32,33)23-15-19(25(27,28)29)8-9-22(23)26/h4-9,15-16,21H,2-3,10-14H2,1H3. The molecule has 1 fully saturated rings. The average Bonchev–Trinajstić information content (AvgIpc) is 3.28. The van der Waals surface area contributed by atoms with Gasteiger partial charge in [-0.15, -0.1) is 11.3 Å². The van der Waals surface area contributed by atoms with Gasteiger partial charge in [-0.25, -0.2) is 13.4 Å². The molecule has 0 bridgehead atoms. The molecule has 2 heterocycles. The maximum absolute atomic E-state index is 13.1. The number of rotatable bonds is 7. The number of anilines is 1. The fourth-order valence-corrected chi connectivity index (χ4v) is 7.42. The minimum atomic E-state index is -4.64. The van der Waals surface area contributed by atoms with Gasteiger partial charge in [0.2, 0.25) is 0 Å². The Labute approximate surface area is 212 Å². The highest BCUT2D eigenvalue weighted by Crippen LogP contribution is 2.36. The SMILES string of the molecule is CCCc1ccc(Cc2csc(N3CCC(S(=O)(=O)c4cc(C(F)(F)F)ccc4Cl)CC3)n2)cc1. The van der Waals surface area contributed by atoms with Crippen LogP contribution in [0.15, 0.2) is 52.7 Å². The molecular formula is C25H26ClF3N2O2S2. The minimum absolute atomic E-state index is 0.187. The van der Waals surface area contributed by atoms with Crippen LogP contribution in [0.5, 0.6) is 0 Å². The number of nitrogens with zero attached hydrogens (tertiary/aromatic N) is 2. The molecule has 10 heteroatoms. The number of hydrogen-bond acceptors (Lipinski definition) is 5. The van der Waals surface area contributed by atoms with Crippen molar-refractivity contribution in [3.05, 3.63) is 75.3 Å². The summed E-state index contributed by atoms with van der Waals surface area (Å²) in [4.78, 5) is 6.32. The average molecular weight is 543 g/mol. The Hall–Kier alpha value is -2.10. The van der Waals surface area contributed by atoms with E-state index in [4.69, 9.17) is 16.6 Å². The molecule has 0 saturated carbocycles. The second-order valence-electron chi connectivity index (χ2n) is 8.74. The van der Waals surface area contributed by atoms with Crippen LogP contribution in [0.3, 0.4) is 0 Å². The lowest BCUT2D eigenvalue weighted by Crippen LogP contribution is -2.39. The molecule has 4 nitrogen and oxygen atoms in total. The van der Waals surface area contributed by atoms with Gasteiger partial charge < -0.3 is 4.90 Å². The van der Waals surface area contributed by atoms with Gasteiger partial charge in [0.25, 0.3) is 0 Å². The lowest BCUT2D eigenvalue weighted by molar-refractivity contribution is -0.137. The zero-order valence-corrected chi connectivity index (χ0v) is 21.6. The van der Waals surface area contributed by atoms with Gasteiger partial charge in [0.1, 0.15) is 0 Å². The third-order valence-electron chi connectivity index (χ3n) is 6.20. The molecule has 35 heavy (non-hydrogen) atoms. The third-order valence-corrected chi connectivity index (χ3v) is 9.89. The van der Waals surface area contributed by atoms with Crippen LogP contribution in [-0.2, 0) is 28.9 Å². The minimum Gasteiger partial charge on any atom is -0.348 e. The smallest absolute Gasteiger partial charge is 0.348 e. The number of aromatic nitrogens is 1. The predicted octanol–water partition coefficient (Wildman–Crippen LogP) is 6.80. The summed E-state index contributed by atoms with van der Waals surface area (Å²) in [7, 11) is -4.00. The van der Waals surface area contributed by atoms with Crippen molar-refractivity contribution in [1.29, 1.82) is 0 Å². The van der Waals surface area contributed by atoms with Crippen LogP contribution in [0.25, 0.3) is 0 Å². The van der Waals surface area contributed by atoms with Crippen LogP contribution in [0.4, 0.5) is 18.3 Å². The molecule has 0 amide bonds. The number of aryl methyl sites for hydroxylation is 1. The van der Waals surface area contributed by atoms with Gasteiger partial charge in [0, 0.05) is 24.9 Å². The molecule has 0 radical (unpaired) electrons. The number of halogens is 4. The molecule has 3 aromatic rings. The quantitative estimate of drug-likeness (QED) is 0.329. The van der Waals surface area contributed by atoms with Gasteiger partial charge in [0.15, 0.2) is 15.0 Å². The van der Waals surface area contributed by atoms with E-state index in [1.165, 1.54) is 22.5 Å². The summed E-state index contributed by atoms with van der Waals surface area (Å²) >= 11 is 7.52. The van der Waals surface area contributed by atoms with Crippen LogP contribution in [-0.4, -0.2) is 31.7 Å². The summed E-state index contributed by atoms with van der Waals surface area (Å²) in [5.41, 5.74) is 2.44. The van der Waals surface area contributed by atoms with Crippen LogP contribution >= 0.6 is 22.9 Å². The molecule has 1 aromatic heterocycles. The van der Waals surface area contributed by atoms with Crippen molar-refractivity contribution in [2.24, 2.45) is 0 Å². The van der Waals surface area contributed by atoms with E-state index in [0.29, 0.717) is 32.0 Å². The highest BCUT2D eigenvalue weighted by atomic mass is 35.5. The number of piperidine rings is 1. The Morgan fingerprint density at radius 3 is 2.37 bits per heavy atom. The molecule has 0 spiro atoms. The van der Waals surface area contributed by atoms with E-state index in [9.17, 15) is 21.6 Å².